The number of nitrogens with zero attached hydrogens (tertiary/aromatic N) is 1. The Kier molecular flexibility index (Phi) is 8.83. The van der Waals surface area contributed by atoms with Crippen molar-refractivity contribution in [2.24, 2.45) is 0 Å². The minimum atomic E-state index is -5.31. The largest absolute Gasteiger partial charge is 0.491 e. The van der Waals surface area contributed by atoms with Crippen molar-refractivity contribution in [3.05, 3.63) is 29.8 Å². The van der Waals surface area contributed by atoms with Gasteiger partial charge in [0.15, 0.2) is 0 Å². The molecule has 1 aromatic carbocycles. The number of rotatable bonds is 9. The van der Waals surface area contributed by atoms with E-state index in [1.165, 1.54) is 12.1 Å². The van der Waals surface area contributed by atoms with E-state index in [9.17, 15) is 31.2 Å². The van der Waals surface area contributed by atoms with Crippen LogP contribution < -0.4 is 4.72 Å². The predicted octanol–water partition coefficient (Wildman–Crippen LogP) is 3.18. The first-order chi connectivity index (χ1) is 14.9. The number of esters is 2. The van der Waals surface area contributed by atoms with Crippen LogP contribution in [0.25, 0.3) is 0 Å². The number of carbonyl (C=O) groups is 2. The molecule has 1 aromatic rings. The van der Waals surface area contributed by atoms with Crippen LogP contribution in [0, 0.1) is 0 Å². The third-order valence-electron chi connectivity index (χ3n) is 5.52. The van der Waals surface area contributed by atoms with Crippen LogP contribution in [-0.2, 0) is 30.8 Å². The molecule has 1 heterocycles. The monoisotopic (exact) mass is 478 g/mol. The molecule has 0 aromatic heterocycles. The highest BCUT2D eigenvalue weighted by Gasteiger charge is 2.45. The van der Waals surface area contributed by atoms with Gasteiger partial charge in [-0.15, -0.1) is 0 Å². The zero-order valence-corrected chi connectivity index (χ0v) is 19.0. The van der Waals surface area contributed by atoms with E-state index in [0.717, 1.165) is 31.2 Å². The quantitative estimate of drug-likeness (QED) is 0.333. The van der Waals surface area contributed by atoms with Crippen LogP contribution in [0.4, 0.5) is 13.2 Å². The molecule has 1 fully saturated rings. The van der Waals surface area contributed by atoms with Gasteiger partial charge in [0.25, 0.3) is 0 Å². The third kappa shape index (κ3) is 7.56. The van der Waals surface area contributed by atoms with Crippen molar-refractivity contribution in [1.82, 2.24) is 9.62 Å². The summed E-state index contributed by atoms with van der Waals surface area (Å²) >= 11 is 0. The van der Waals surface area contributed by atoms with Crippen molar-refractivity contribution in [2.45, 2.75) is 68.5 Å². The van der Waals surface area contributed by atoms with Gasteiger partial charge in [-0.1, -0.05) is 31.9 Å². The van der Waals surface area contributed by atoms with Gasteiger partial charge in [0.1, 0.15) is 0 Å². The Morgan fingerprint density at radius 3 is 2.25 bits per heavy atom. The number of benzene rings is 1. The summed E-state index contributed by atoms with van der Waals surface area (Å²) in [6, 6.07) is 6.39. The molecule has 1 aliphatic rings. The Hall–Kier alpha value is -1.98. The third-order valence-corrected chi connectivity index (χ3v) is 7.11. The number of carbonyl (C=O) groups excluding carboxylic acids is 2. The maximum Gasteiger partial charge on any atom is 0.491 e. The standard InChI is InChI=1S/C21H29F3N2O5S/c1-3-4-5-6-16-7-9-17(10-8-16)32(29,30)25-20(11-13-26(2)14-12-20)15-18(27)31-19(28)21(22,23)24/h7-10,25H,3-6,11-15H2,1-2H3. The molecule has 1 N–H and O–H groups in total. The number of alkyl halides is 3. The minimum Gasteiger partial charge on any atom is -0.386 e. The summed E-state index contributed by atoms with van der Waals surface area (Å²) in [6.07, 6.45) is -1.67. The molecular weight excluding hydrogens is 449 g/mol. The molecule has 1 saturated heterocycles. The van der Waals surface area contributed by atoms with Gasteiger partial charge in [0.05, 0.1) is 11.3 Å². The molecule has 7 nitrogen and oxygen atoms in total. The summed E-state index contributed by atoms with van der Waals surface area (Å²) in [5, 5.41) is 0. The second-order valence-electron chi connectivity index (χ2n) is 8.23. The molecular formula is C21H29F3N2O5S. The van der Waals surface area contributed by atoms with Crippen molar-refractivity contribution in [3.8, 4) is 0 Å². The van der Waals surface area contributed by atoms with Gasteiger partial charge in [0.2, 0.25) is 10.0 Å². The van der Waals surface area contributed by atoms with E-state index >= 15 is 0 Å². The van der Waals surface area contributed by atoms with Gasteiger partial charge in [0, 0.05) is 5.54 Å². The first kappa shape index (κ1) is 26.3. The van der Waals surface area contributed by atoms with Gasteiger partial charge in [-0.2, -0.15) is 13.2 Å². The van der Waals surface area contributed by atoms with Gasteiger partial charge < -0.3 is 9.64 Å². The van der Waals surface area contributed by atoms with Crippen molar-refractivity contribution in [1.29, 1.82) is 0 Å². The second-order valence-corrected chi connectivity index (χ2v) is 9.91. The molecule has 0 bridgehead atoms. The first-order valence-corrected chi connectivity index (χ1v) is 12.0. The van der Waals surface area contributed by atoms with Crippen LogP contribution in [0.15, 0.2) is 29.2 Å². The molecule has 32 heavy (non-hydrogen) atoms. The number of piperidine rings is 1. The Balaban J connectivity index is 2.16. The van der Waals surface area contributed by atoms with E-state index in [-0.39, 0.29) is 17.7 Å². The van der Waals surface area contributed by atoms with Crippen LogP contribution in [-0.4, -0.2) is 57.1 Å². The highest BCUT2D eigenvalue weighted by atomic mass is 32.2. The van der Waals surface area contributed by atoms with E-state index in [1.54, 1.807) is 19.2 Å². The van der Waals surface area contributed by atoms with Crippen molar-refractivity contribution < 1.29 is 35.9 Å². The zero-order valence-electron chi connectivity index (χ0n) is 18.2. The molecule has 0 atom stereocenters. The summed E-state index contributed by atoms with van der Waals surface area (Å²) in [5.74, 6) is -4.04. The summed E-state index contributed by atoms with van der Waals surface area (Å²) < 4.78 is 69.6. The average Bonchev–Trinajstić information content (AvgIpc) is 2.70. The molecule has 0 unspecified atom stereocenters. The molecule has 180 valence electrons. The van der Waals surface area contributed by atoms with Crippen LogP contribution >= 0.6 is 0 Å². The fourth-order valence-corrected chi connectivity index (χ4v) is 5.05. The van der Waals surface area contributed by atoms with E-state index in [0.29, 0.717) is 13.1 Å². The predicted molar refractivity (Wildman–Crippen MR) is 111 cm³/mol. The minimum absolute atomic E-state index is 0.00483. The lowest BCUT2D eigenvalue weighted by molar-refractivity contribution is -0.202. The number of aryl methyl sites for hydroxylation is 1. The molecule has 0 saturated carbocycles. The highest BCUT2D eigenvalue weighted by Crippen LogP contribution is 2.29. The summed E-state index contributed by atoms with van der Waals surface area (Å²) in [5.41, 5.74) is -0.352. The van der Waals surface area contributed by atoms with Crippen LogP contribution in [0.2, 0.25) is 0 Å². The number of halogens is 3. The highest BCUT2D eigenvalue weighted by molar-refractivity contribution is 7.89. The number of sulfonamides is 1. The zero-order chi connectivity index (χ0) is 24.0. The fourth-order valence-electron chi connectivity index (χ4n) is 3.59. The lowest BCUT2D eigenvalue weighted by atomic mass is 9.85. The van der Waals surface area contributed by atoms with Crippen LogP contribution in [0.3, 0.4) is 0 Å². The number of ether oxygens (including phenoxy) is 1. The van der Waals surface area contributed by atoms with Gasteiger partial charge in [-0.3, -0.25) is 4.79 Å². The average molecular weight is 479 g/mol. The van der Waals surface area contributed by atoms with Crippen LogP contribution in [0.1, 0.15) is 51.0 Å². The number of hydrogen-bond acceptors (Lipinski definition) is 6. The van der Waals surface area contributed by atoms with E-state index < -0.39 is 40.1 Å². The SMILES string of the molecule is CCCCCc1ccc(S(=O)(=O)NC2(CC(=O)OC(=O)C(F)(F)F)CCN(C)CC2)cc1. The smallest absolute Gasteiger partial charge is 0.386 e. The second kappa shape index (κ2) is 10.8. The number of hydrogen-bond donors (Lipinski definition) is 1. The Bertz CT molecular complexity index is 893. The van der Waals surface area contributed by atoms with Crippen molar-refractivity contribution >= 4 is 22.0 Å². The number of likely N-dealkylation sites (tertiary alicyclic amines) is 1. The molecule has 0 aliphatic carbocycles. The molecule has 0 radical (unpaired) electrons. The number of unbranched alkanes of at least 4 members (excludes halogenated alkanes) is 2. The van der Waals surface area contributed by atoms with Crippen molar-refractivity contribution in [2.75, 3.05) is 20.1 Å². The molecule has 11 heteroatoms. The lowest BCUT2D eigenvalue weighted by Gasteiger charge is -2.40. The van der Waals surface area contributed by atoms with E-state index in [1.807, 2.05) is 4.90 Å². The molecule has 1 aliphatic heterocycles. The fraction of sp³-hybridized carbons (Fsp3) is 0.619. The lowest BCUT2D eigenvalue weighted by Crippen LogP contribution is -2.55. The first-order valence-electron chi connectivity index (χ1n) is 10.5. The van der Waals surface area contributed by atoms with Gasteiger partial charge in [-0.25, -0.2) is 17.9 Å². The maximum absolute atomic E-state index is 13.0. The van der Waals surface area contributed by atoms with Crippen molar-refractivity contribution in [3.63, 3.8) is 0 Å². The molecule has 0 spiro atoms. The van der Waals surface area contributed by atoms with E-state index in [4.69, 9.17) is 0 Å². The summed E-state index contributed by atoms with van der Waals surface area (Å²) in [4.78, 5) is 24.9. The number of nitrogens with one attached hydrogen (secondary N) is 1. The molecule has 2 rings (SSSR count). The topological polar surface area (TPSA) is 92.8 Å². The summed E-state index contributed by atoms with van der Waals surface area (Å²) in [7, 11) is -2.26. The maximum atomic E-state index is 13.0. The van der Waals surface area contributed by atoms with Gasteiger partial charge >= 0.3 is 18.1 Å². The van der Waals surface area contributed by atoms with Gasteiger partial charge in [-0.05, 0) is 63.5 Å². The Morgan fingerprint density at radius 2 is 1.72 bits per heavy atom. The van der Waals surface area contributed by atoms with E-state index in [2.05, 4.69) is 16.4 Å². The normalized spacial score (nSPS) is 17.2. The molecule has 0 amide bonds. The summed E-state index contributed by atoms with van der Waals surface area (Å²) in [6.45, 7) is 2.92. The van der Waals surface area contributed by atoms with Crippen LogP contribution in [0.5, 0.6) is 0 Å². The Morgan fingerprint density at radius 1 is 1.12 bits per heavy atom. The Labute approximate surface area is 186 Å².